The molecule has 12 aromatic carbocycles. The minimum absolute atomic E-state index is 0.385. The minimum Gasteiger partial charge on any atom is -0.309 e. The van der Waals surface area contributed by atoms with Crippen molar-refractivity contribution in [2.24, 2.45) is 0 Å². The van der Waals surface area contributed by atoms with Gasteiger partial charge in [-0.3, -0.25) is 0 Å². The monoisotopic (exact) mass is 1040 g/mol. The van der Waals surface area contributed by atoms with E-state index in [0.717, 1.165) is 122 Å². The van der Waals surface area contributed by atoms with Crippen LogP contribution in [0.25, 0.3) is 143 Å². The summed E-state index contributed by atoms with van der Waals surface area (Å²) >= 11 is 0. The average Bonchev–Trinajstić information content (AvgIpc) is 3.59. The zero-order valence-electron chi connectivity index (χ0n) is 44.1. The Morgan fingerprint density at radius 3 is 0.841 bits per heavy atom. The van der Waals surface area contributed by atoms with Gasteiger partial charge < -0.3 is 9.13 Å². The van der Waals surface area contributed by atoms with E-state index in [1.165, 1.54) is 0 Å². The van der Waals surface area contributed by atoms with E-state index >= 15 is 0 Å². The van der Waals surface area contributed by atoms with Crippen LogP contribution in [0.5, 0.6) is 0 Å². The third-order valence-corrected chi connectivity index (χ3v) is 15.8. The van der Waals surface area contributed by atoms with Gasteiger partial charge >= 0.3 is 0 Å². The third kappa shape index (κ3) is 8.17. The van der Waals surface area contributed by atoms with Gasteiger partial charge in [0.2, 0.25) is 5.69 Å². The molecular weight excluding hydrogens is 997 g/mol. The second-order valence-electron chi connectivity index (χ2n) is 20.4. The molecule has 0 amide bonds. The van der Waals surface area contributed by atoms with Crippen LogP contribution < -0.4 is 0 Å². The highest BCUT2D eigenvalue weighted by atomic mass is 15.0. The molecule has 2 heterocycles. The predicted molar refractivity (Wildman–Crippen MR) is 335 cm³/mol. The summed E-state index contributed by atoms with van der Waals surface area (Å²) in [5, 5.41) is 24.7. The van der Waals surface area contributed by atoms with Crippen LogP contribution in [0.3, 0.4) is 0 Å². The molecule has 0 atom stereocenters. The molecule has 0 unspecified atom stereocenters. The average molecular weight is 1040 g/mol. The lowest BCUT2D eigenvalue weighted by atomic mass is 9.85. The first-order valence-corrected chi connectivity index (χ1v) is 27.0. The van der Waals surface area contributed by atoms with Gasteiger partial charge in [-0.1, -0.05) is 194 Å². The predicted octanol–water partition coefficient (Wildman–Crippen LogP) is 20.4. The molecule has 14 aromatic rings. The van der Waals surface area contributed by atoms with Crippen LogP contribution in [0, 0.1) is 35.8 Å². The van der Waals surface area contributed by atoms with Gasteiger partial charge in [-0.05, 0) is 134 Å². The third-order valence-electron chi connectivity index (χ3n) is 15.8. The van der Waals surface area contributed by atoms with Gasteiger partial charge in [-0.2, -0.15) is 10.5 Å². The summed E-state index contributed by atoms with van der Waals surface area (Å²) in [6.45, 7) is 17.7. The van der Waals surface area contributed by atoms with E-state index in [1.54, 1.807) is 0 Å². The van der Waals surface area contributed by atoms with E-state index in [-0.39, 0.29) is 0 Å². The summed E-state index contributed by atoms with van der Waals surface area (Å²) in [5.41, 5.74) is 20.0. The lowest BCUT2D eigenvalue weighted by molar-refractivity contribution is 1.14. The lowest BCUT2D eigenvalue weighted by Gasteiger charge is -2.28. The van der Waals surface area contributed by atoms with Gasteiger partial charge in [-0.15, -0.1) is 0 Å². The van der Waals surface area contributed by atoms with Crippen molar-refractivity contribution >= 4 is 55.0 Å². The normalized spacial score (nSPS) is 11.1. The standard InChI is InChI=1S/C76H44N6/c1-79-62-37-31-56(32-38-62)72-74(80-2)71(55-27-23-49(47-77)24-28-55)75(81-67-39-33-58(51-15-7-3-8-16-51)43-63(67)64-44-59(34-40-68(64)81)52-17-9-4-10-18-52)73(57-29-25-50(48-78)26-30-57)76(72)82-69-41-35-60(53-19-11-5-12-20-53)45-65(69)66-46-61(36-42-70(66)82)54-21-13-6-14-22-54/h3-46H. The maximum Gasteiger partial charge on any atom is 0.206 e. The molecule has 2 aromatic heterocycles. The van der Waals surface area contributed by atoms with E-state index in [9.17, 15) is 17.1 Å². The van der Waals surface area contributed by atoms with E-state index < -0.39 is 0 Å². The summed E-state index contributed by atoms with van der Waals surface area (Å²) < 4.78 is 4.68. The maximum absolute atomic E-state index is 10.4. The molecule has 0 fully saturated rings. The molecule has 0 aliphatic heterocycles. The number of fused-ring (bicyclic) bond motifs is 6. The molecule has 14 rings (SSSR count). The number of benzene rings is 12. The first kappa shape index (κ1) is 48.6. The molecule has 0 spiro atoms. The molecule has 0 saturated heterocycles. The van der Waals surface area contributed by atoms with Gasteiger partial charge in [0.1, 0.15) is 0 Å². The Morgan fingerprint density at radius 1 is 0.280 bits per heavy atom. The van der Waals surface area contributed by atoms with E-state index in [4.69, 9.17) is 11.4 Å². The molecule has 0 saturated carbocycles. The van der Waals surface area contributed by atoms with Gasteiger partial charge in [0, 0.05) is 38.2 Å². The number of hydrogen-bond acceptors (Lipinski definition) is 2. The van der Waals surface area contributed by atoms with Crippen LogP contribution in [0.15, 0.2) is 267 Å². The maximum atomic E-state index is 10.4. The Labute approximate surface area is 474 Å². The highest BCUT2D eigenvalue weighted by molar-refractivity contribution is 6.18. The molecule has 0 aliphatic rings. The Hall–Kier alpha value is -11.8. The van der Waals surface area contributed by atoms with Crippen molar-refractivity contribution in [2.45, 2.75) is 0 Å². The Morgan fingerprint density at radius 2 is 0.561 bits per heavy atom. The quantitative estimate of drug-likeness (QED) is 0.135. The molecule has 0 aliphatic carbocycles. The van der Waals surface area contributed by atoms with Crippen molar-refractivity contribution < 1.29 is 0 Å². The van der Waals surface area contributed by atoms with Gasteiger partial charge in [0.25, 0.3) is 0 Å². The summed E-state index contributed by atoms with van der Waals surface area (Å²) in [6, 6.07) is 96.0. The van der Waals surface area contributed by atoms with Crippen molar-refractivity contribution in [1.82, 2.24) is 9.13 Å². The van der Waals surface area contributed by atoms with Gasteiger partial charge in [0.05, 0.1) is 69.9 Å². The number of nitrogens with zero attached hydrogens (tertiary/aromatic N) is 6. The van der Waals surface area contributed by atoms with Crippen LogP contribution >= 0.6 is 0 Å². The Kier molecular flexibility index (Phi) is 12.0. The van der Waals surface area contributed by atoms with Gasteiger partial charge in [0.15, 0.2) is 5.69 Å². The van der Waals surface area contributed by atoms with Crippen LogP contribution in [-0.4, -0.2) is 9.13 Å². The van der Waals surface area contributed by atoms with E-state index in [0.29, 0.717) is 33.6 Å². The Balaban J connectivity index is 1.23. The van der Waals surface area contributed by atoms with E-state index in [1.807, 2.05) is 97.1 Å². The van der Waals surface area contributed by atoms with Gasteiger partial charge in [-0.25, -0.2) is 9.69 Å². The highest BCUT2D eigenvalue weighted by Gasteiger charge is 2.33. The summed E-state index contributed by atoms with van der Waals surface area (Å²) in [4.78, 5) is 8.52. The minimum atomic E-state index is 0.385. The molecule has 378 valence electrons. The second kappa shape index (κ2) is 20.2. The summed E-state index contributed by atoms with van der Waals surface area (Å²) in [7, 11) is 0. The van der Waals surface area contributed by atoms with Crippen molar-refractivity contribution in [2.75, 3.05) is 0 Å². The largest absolute Gasteiger partial charge is 0.309 e. The smallest absolute Gasteiger partial charge is 0.206 e. The van der Waals surface area contributed by atoms with Crippen LogP contribution in [0.4, 0.5) is 11.4 Å². The molecule has 82 heavy (non-hydrogen) atoms. The SMILES string of the molecule is [C-]#[N+]c1ccc(-c2c([N+]#[C-])c(-c3ccc(C#N)cc3)c(-n3c4ccc(-c5ccccc5)cc4c4cc(-c5ccccc5)ccc43)c(-c3ccc(C#N)cc3)c2-n2c3ccc(-c4ccccc4)cc3c3cc(-c4ccccc4)ccc32)cc1. The molecule has 6 nitrogen and oxygen atoms in total. The lowest BCUT2D eigenvalue weighted by Crippen LogP contribution is -2.09. The molecule has 0 N–H and O–H groups in total. The van der Waals surface area contributed by atoms with Crippen LogP contribution in [0.2, 0.25) is 0 Å². The molecule has 6 heteroatoms. The number of aromatic nitrogens is 2. The van der Waals surface area contributed by atoms with Crippen molar-refractivity contribution in [1.29, 1.82) is 10.5 Å². The topological polar surface area (TPSA) is 66.2 Å². The zero-order chi connectivity index (χ0) is 55.3. The zero-order valence-corrected chi connectivity index (χ0v) is 44.1. The summed E-state index contributed by atoms with van der Waals surface area (Å²) in [5.74, 6) is 0. The summed E-state index contributed by atoms with van der Waals surface area (Å²) in [6.07, 6.45) is 0. The molecule has 0 bridgehead atoms. The Bertz CT molecular complexity index is 4530. The van der Waals surface area contributed by atoms with Crippen LogP contribution in [0.1, 0.15) is 11.1 Å². The fraction of sp³-hybridized carbons (Fsp3) is 0. The fourth-order valence-electron chi connectivity index (χ4n) is 12.0. The van der Waals surface area contributed by atoms with E-state index in [2.05, 4.69) is 196 Å². The van der Waals surface area contributed by atoms with Crippen molar-refractivity contribution in [3.05, 3.63) is 301 Å². The fourth-order valence-corrected chi connectivity index (χ4v) is 12.0. The first-order chi connectivity index (χ1) is 40.5. The molecular formula is C76H44N6. The van der Waals surface area contributed by atoms with Crippen LogP contribution in [-0.2, 0) is 0 Å². The van der Waals surface area contributed by atoms with Crippen molar-refractivity contribution in [3.8, 4) is 101 Å². The first-order valence-electron chi connectivity index (χ1n) is 27.0. The van der Waals surface area contributed by atoms with Crippen molar-refractivity contribution in [3.63, 3.8) is 0 Å². The molecule has 0 radical (unpaired) electrons. The highest BCUT2D eigenvalue weighted by Crippen LogP contribution is 2.56. The number of hydrogen-bond donors (Lipinski definition) is 0. The number of rotatable bonds is 9. The second-order valence-corrected chi connectivity index (χ2v) is 20.4. The number of nitriles is 2.